The first-order valence-corrected chi connectivity index (χ1v) is 13.2. The Morgan fingerprint density at radius 1 is 1.44 bits per heavy atom. The molecule has 0 bridgehead atoms. The number of halogens is 2. The van der Waals surface area contributed by atoms with Crippen LogP contribution in [0.25, 0.3) is 5.82 Å². The van der Waals surface area contributed by atoms with Gasteiger partial charge in [0.1, 0.15) is 35.5 Å². The number of aromatic nitrogens is 6. The maximum absolute atomic E-state index is 12.8. The third-order valence-electron chi connectivity index (χ3n) is 5.88. The molecule has 2 fully saturated rings. The zero-order valence-electron chi connectivity index (χ0n) is 18.9. The highest BCUT2D eigenvalue weighted by molar-refractivity contribution is 9.10. The molecule has 12 nitrogen and oxygen atoms in total. The summed E-state index contributed by atoms with van der Waals surface area (Å²) in [6, 6.07) is 2.79. The molecule has 4 heterocycles. The van der Waals surface area contributed by atoms with Crippen molar-refractivity contribution in [2.45, 2.75) is 53.6 Å². The minimum absolute atomic E-state index is 0.169. The average molecular weight is 601 g/mol. The van der Waals surface area contributed by atoms with Gasteiger partial charge in [0, 0.05) is 34.9 Å². The second-order valence-electron chi connectivity index (χ2n) is 8.41. The molecule has 0 aromatic carbocycles. The van der Waals surface area contributed by atoms with Crippen LogP contribution in [0.3, 0.4) is 0 Å². The van der Waals surface area contributed by atoms with E-state index in [1.807, 2.05) is 0 Å². The van der Waals surface area contributed by atoms with Gasteiger partial charge in [-0.1, -0.05) is 28.6 Å². The van der Waals surface area contributed by atoms with Gasteiger partial charge in [0.15, 0.2) is 11.0 Å². The lowest BCUT2D eigenvalue weighted by atomic mass is 9.97. The Morgan fingerprint density at radius 3 is 2.92 bits per heavy atom. The summed E-state index contributed by atoms with van der Waals surface area (Å²) in [5.74, 6) is 0.113. The first kappa shape index (κ1) is 25.6. The van der Waals surface area contributed by atoms with E-state index >= 15 is 0 Å². The summed E-state index contributed by atoms with van der Waals surface area (Å²) < 4.78 is 15.4. The minimum atomic E-state index is -1.16. The molecule has 1 amide bonds. The van der Waals surface area contributed by atoms with Gasteiger partial charge in [0.05, 0.1) is 12.8 Å². The van der Waals surface area contributed by atoms with E-state index in [0.717, 1.165) is 12.8 Å². The van der Waals surface area contributed by atoms with E-state index in [1.54, 1.807) is 30.7 Å². The molecule has 1 saturated heterocycles. The molecular formula is C21H23BrClN7O5S. The van der Waals surface area contributed by atoms with Crippen molar-refractivity contribution in [3.05, 3.63) is 46.0 Å². The lowest BCUT2D eigenvalue weighted by Crippen LogP contribution is -2.55. The van der Waals surface area contributed by atoms with Gasteiger partial charge in [-0.3, -0.25) is 4.79 Å². The van der Waals surface area contributed by atoms with Gasteiger partial charge in [0.2, 0.25) is 0 Å². The van der Waals surface area contributed by atoms with E-state index < -0.39 is 36.4 Å². The van der Waals surface area contributed by atoms with Gasteiger partial charge in [-0.25, -0.2) is 14.3 Å². The molecule has 1 saturated carbocycles. The molecule has 3 aromatic rings. The lowest BCUT2D eigenvalue weighted by molar-refractivity contribution is -0.186. The number of amides is 1. The van der Waals surface area contributed by atoms with Crippen LogP contribution >= 0.6 is 39.3 Å². The van der Waals surface area contributed by atoms with Gasteiger partial charge >= 0.3 is 0 Å². The highest BCUT2D eigenvalue weighted by atomic mass is 79.9. The zero-order chi connectivity index (χ0) is 25.4. The van der Waals surface area contributed by atoms with Crippen LogP contribution in [0.1, 0.15) is 29.4 Å². The number of hydrogen-bond donors (Lipinski definition) is 3. The summed E-state index contributed by atoms with van der Waals surface area (Å²) in [6.07, 6.45) is 3.86. The van der Waals surface area contributed by atoms with Gasteiger partial charge < -0.3 is 25.0 Å². The van der Waals surface area contributed by atoms with Gasteiger partial charge in [-0.2, -0.15) is 5.10 Å². The number of aliphatic hydroxyl groups excluding tert-OH is 2. The van der Waals surface area contributed by atoms with Crippen molar-refractivity contribution in [1.29, 1.82) is 0 Å². The monoisotopic (exact) mass is 599 g/mol. The minimum Gasteiger partial charge on any atom is -0.394 e. The molecular weight excluding hydrogens is 578 g/mol. The molecule has 1 aliphatic carbocycles. The SMILES string of the molecule is COC1[C@@H](Sc2cc(Br)cnc2C(=O)NC2CC2)OC(CO)[C@H](O)[C@@H]1n1cc(-n2ccc(Cl)n2)nn1. The number of ether oxygens (including phenoxy) is 2. The largest absolute Gasteiger partial charge is 0.394 e. The molecule has 5 rings (SSSR count). The van der Waals surface area contributed by atoms with E-state index in [-0.39, 0.29) is 17.6 Å². The molecule has 2 unspecified atom stereocenters. The number of nitrogens with zero attached hydrogens (tertiary/aromatic N) is 6. The maximum atomic E-state index is 12.8. The topological polar surface area (TPSA) is 149 Å². The molecule has 0 spiro atoms. The summed E-state index contributed by atoms with van der Waals surface area (Å²) in [7, 11) is 1.49. The number of hydrogen-bond acceptors (Lipinski definition) is 10. The fourth-order valence-corrected chi connectivity index (χ4v) is 5.87. The second kappa shape index (κ2) is 10.7. The van der Waals surface area contributed by atoms with Crippen LogP contribution in [-0.4, -0.2) is 89.4 Å². The van der Waals surface area contributed by atoms with Crippen molar-refractivity contribution in [1.82, 2.24) is 35.1 Å². The highest BCUT2D eigenvalue weighted by Crippen LogP contribution is 2.40. The fraction of sp³-hybridized carbons (Fsp3) is 0.476. The number of methoxy groups -OCH3 is 1. The summed E-state index contributed by atoms with van der Waals surface area (Å²) in [5, 5.41) is 36.7. The second-order valence-corrected chi connectivity index (χ2v) is 10.9. The van der Waals surface area contributed by atoms with Crippen molar-refractivity contribution in [3.63, 3.8) is 0 Å². The van der Waals surface area contributed by atoms with Crippen molar-refractivity contribution < 1.29 is 24.5 Å². The Bertz CT molecular complexity index is 1240. The third-order valence-corrected chi connectivity index (χ3v) is 7.69. The average Bonchev–Trinajstić information content (AvgIpc) is 3.35. The summed E-state index contributed by atoms with van der Waals surface area (Å²) >= 11 is 10.6. The molecule has 36 heavy (non-hydrogen) atoms. The molecule has 5 atom stereocenters. The Kier molecular flexibility index (Phi) is 7.62. The summed E-state index contributed by atoms with van der Waals surface area (Å²) in [5.41, 5.74) is -0.466. The number of rotatable bonds is 8. The Hall–Kier alpha value is -2.07. The van der Waals surface area contributed by atoms with Crippen LogP contribution < -0.4 is 5.32 Å². The van der Waals surface area contributed by atoms with Gasteiger partial charge in [-0.15, -0.1) is 5.10 Å². The molecule has 0 radical (unpaired) electrons. The van der Waals surface area contributed by atoms with Crippen LogP contribution in [0.4, 0.5) is 0 Å². The first-order valence-electron chi connectivity index (χ1n) is 11.1. The van der Waals surface area contributed by atoms with Crippen molar-refractivity contribution >= 4 is 45.2 Å². The molecule has 3 N–H and O–H groups in total. The van der Waals surface area contributed by atoms with Crippen molar-refractivity contribution in [2.75, 3.05) is 13.7 Å². The predicted octanol–water partition coefficient (Wildman–Crippen LogP) is 1.59. The highest BCUT2D eigenvalue weighted by Gasteiger charge is 2.48. The van der Waals surface area contributed by atoms with Crippen LogP contribution in [0.2, 0.25) is 5.15 Å². The van der Waals surface area contributed by atoms with E-state index in [4.69, 9.17) is 21.1 Å². The summed E-state index contributed by atoms with van der Waals surface area (Å²) in [6.45, 7) is -0.437. The first-order chi connectivity index (χ1) is 17.4. The predicted molar refractivity (Wildman–Crippen MR) is 132 cm³/mol. The van der Waals surface area contributed by atoms with E-state index in [0.29, 0.717) is 20.3 Å². The number of pyridine rings is 1. The molecule has 192 valence electrons. The number of carbonyl (C=O) groups excluding carboxylic acids is 1. The molecule has 15 heteroatoms. The Morgan fingerprint density at radius 2 is 2.25 bits per heavy atom. The normalized spacial score (nSPS) is 26.2. The van der Waals surface area contributed by atoms with Crippen LogP contribution in [0.5, 0.6) is 0 Å². The van der Waals surface area contributed by atoms with Gasteiger partial charge in [0.25, 0.3) is 5.91 Å². The zero-order valence-corrected chi connectivity index (χ0v) is 22.1. The molecule has 1 aliphatic heterocycles. The number of thioether (sulfide) groups is 1. The number of nitrogens with one attached hydrogen (secondary N) is 1. The number of carbonyl (C=O) groups is 1. The standard InChI is InChI=1S/C21H23BrClN7O5S/c1-34-19-17(30-8-15(26-28-30)29-5-4-14(23)27-29)18(32)12(9-31)35-21(19)36-13-6-10(22)7-24-16(13)20(33)25-11-2-3-11/h4-8,11-12,17-19,21,31-32H,2-3,9H2,1H3,(H,25,33)/t12?,17-,18-,19?,21+/m0/s1. The molecule has 3 aromatic heterocycles. The summed E-state index contributed by atoms with van der Waals surface area (Å²) in [4.78, 5) is 17.7. The van der Waals surface area contributed by atoms with Crippen LogP contribution in [0, 0.1) is 0 Å². The van der Waals surface area contributed by atoms with E-state index in [9.17, 15) is 15.0 Å². The molecule has 2 aliphatic rings. The van der Waals surface area contributed by atoms with Crippen molar-refractivity contribution in [2.24, 2.45) is 0 Å². The quantitative estimate of drug-likeness (QED) is 0.348. The van der Waals surface area contributed by atoms with Crippen LogP contribution in [-0.2, 0) is 9.47 Å². The van der Waals surface area contributed by atoms with Crippen LogP contribution in [0.15, 0.2) is 40.1 Å². The van der Waals surface area contributed by atoms with Gasteiger partial charge in [-0.05, 0) is 40.9 Å². The number of aliphatic hydroxyl groups is 2. The Labute approximate surface area is 223 Å². The lowest BCUT2D eigenvalue weighted by Gasteiger charge is -2.43. The fourth-order valence-electron chi connectivity index (χ4n) is 3.94. The maximum Gasteiger partial charge on any atom is 0.271 e. The Balaban J connectivity index is 1.45. The third kappa shape index (κ3) is 5.30. The van der Waals surface area contributed by atoms with E-state index in [1.165, 1.54) is 28.2 Å². The smallest absolute Gasteiger partial charge is 0.271 e. The van der Waals surface area contributed by atoms with E-state index in [2.05, 4.69) is 41.6 Å². The van der Waals surface area contributed by atoms with Crippen molar-refractivity contribution in [3.8, 4) is 5.82 Å².